The molecule has 2 aromatic heterocycles. The van der Waals surface area contributed by atoms with E-state index in [1.54, 1.807) is 6.20 Å². The SMILES string of the molecule is CCN(Cc1cnn(CC)c1)c1nccc(N2CCCC(O)C2)n1. The first-order chi connectivity index (χ1) is 11.7. The number of aromatic nitrogens is 4. The quantitative estimate of drug-likeness (QED) is 0.869. The van der Waals surface area contributed by atoms with Gasteiger partial charge in [0.05, 0.1) is 12.3 Å². The van der Waals surface area contributed by atoms with Gasteiger partial charge in [-0.25, -0.2) is 4.98 Å². The Balaban J connectivity index is 1.75. The van der Waals surface area contributed by atoms with Crippen molar-refractivity contribution in [1.29, 1.82) is 0 Å². The van der Waals surface area contributed by atoms with Gasteiger partial charge in [0, 0.05) is 50.7 Å². The minimum atomic E-state index is -0.265. The molecule has 0 saturated carbocycles. The van der Waals surface area contributed by atoms with Crippen molar-refractivity contribution in [2.75, 3.05) is 29.4 Å². The maximum absolute atomic E-state index is 9.88. The molecule has 1 aliphatic rings. The molecule has 0 aliphatic carbocycles. The Morgan fingerprint density at radius 2 is 2.25 bits per heavy atom. The second kappa shape index (κ2) is 7.61. The molecule has 7 nitrogen and oxygen atoms in total. The normalized spacial score (nSPS) is 18.0. The second-order valence-electron chi connectivity index (χ2n) is 6.18. The zero-order chi connectivity index (χ0) is 16.9. The summed E-state index contributed by atoms with van der Waals surface area (Å²) >= 11 is 0. The summed E-state index contributed by atoms with van der Waals surface area (Å²) < 4.78 is 1.93. The number of nitrogens with zero attached hydrogens (tertiary/aromatic N) is 6. The van der Waals surface area contributed by atoms with E-state index in [2.05, 4.69) is 39.9 Å². The van der Waals surface area contributed by atoms with E-state index in [4.69, 9.17) is 4.98 Å². The fraction of sp³-hybridized carbons (Fsp3) is 0.588. The second-order valence-corrected chi connectivity index (χ2v) is 6.18. The Labute approximate surface area is 142 Å². The molecule has 1 fully saturated rings. The van der Waals surface area contributed by atoms with Crippen molar-refractivity contribution >= 4 is 11.8 Å². The van der Waals surface area contributed by atoms with E-state index in [-0.39, 0.29) is 6.10 Å². The fourth-order valence-corrected chi connectivity index (χ4v) is 3.04. The average Bonchev–Trinajstić information content (AvgIpc) is 3.07. The molecular formula is C17H26N6O. The van der Waals surface area contributed by atoms with Crippen LogP contribution in [0.5, 0.6) is 0 Å². The summed E-state index contributed by atoms with van der Waals surface area (Å²) in [5.41, 5.74) is 1.15. The van der Waals surface area contributed by atoms with Crippen LogP contribution in [0.25, 0.3) is 0 Å². The summed E-state index contributed by atoms with van der Waals surface area (Å²) in [6.45, 7) is 8.19. The molecule has 24 heavy (non-hydrogen) atoms. The lowest BCUT2D eigenvalue weighted by Gasteiger charge is -2.31. The first-order valence-corrected chi connectivity index (χ1v) is 8.72. The molecule has 130 valence electrons. The number of aryl methyl sites for hydroxylation is 1. The lowest BCUT2D eigenvalue weighted by atomic mass is 10.1. The van der Waals surface area contributed by atoms with Gasteiger partial charge < -0.3 is 14.9 Å². The highest BCUT2D eigenvalue weighted by Gasteiger charge is 2.20. The number of β-amino-alcohol motifs (C(OH)–C–C–N with tert-alkyl or cyclic N) is 1. The number of rotatable bonds is 6. The van der Waals surface area contributed by atoms with Gasteiger partial charge in [0.15, 0.2) is 0 Å². The summed E-state index contributed by atoms with van der Waals surface area (Å²) in [4.78, 5) is 13.5. The van der Waals surface area contributed by atoms with Gasteiger partial charge in [-0.2, -0.15) is 10.1 Å². The highest BCUT2D eigenvalue weighted by molar-refractivity contribution is 5.44. The fourth-order valence-electron chi connectivity index (χ4n) is 3.04. The van der Waals surface area contributed by atoms with Crippen LogP contribution in [0.1, 0.15) is 32.3 Å². The summed E-state index contributed by atoms with van der Waals surface area (Å²) in [7, 11) is 0. The topological polar surface area (TPSA) is 70.3 Å². The van der Waals surface area contributed by atoms with Gasteiger partial charge in [0.25, 0.3) is 0 Å². The number of hydrogen-bond acceptors (Lipinski definition) is 6. The first kappa shape index (κ1) is 16.7. The van der Waals surface area contributed by atoms with Crippen LogP contribution >= 0.6 is 0 Å². The Kier molecular flexibility index (Phi) is 5.30. The van der Waals surface area contributed by atoms with Gasteiger partial charge in [-0.3, -0.25) is 4.68 Å². The molecule has 1 atom stereocenters. The third kappa shape index (κ3) is 3.84. The number of anilines is 2. The summed E-state index contributed by atoms with van der Waals surface area (Å²) in [5.74, 6) is 1.61. The van der Waals surface area contributed by atoms with Crippen molar-refractivity contribution in [2.24, 2.45) is 0 Å². The maximum Gasteiger partial charge on any atom is 0.227 e. The molecule has 0 bridgehead atoms. The molecule has 0 amide bonds. The Hall–Kier alpha value is -2.15. The molecule has 0 radical (unpaired) electrons. The van der Waals surface area contributed by atoms with E-state index >= 15 is 0 Å². The van der Waals surface area contributed by atoms with E-state index in [9.17, 15) is 5.11 Å². The Bertz CT molecular complexity index is 658. The molecule has 3 heterocycles. The molecule has 0 aromatic carbocycles. The van der Waals surface area contributed by atoms with E-state index in [1.165, 1.54) is 0 Å². The van der Waals surface area contributed by atoms with Crippen molar-refractivity contribution < 1.29 is 5.11 Å². The average molecular weight is 330 g/mol. The van der Waals surface area contributed by atoms with Gasteiger partial charge in [0.2, 0.25) is 5.95 Å². The van der Waals surface area contributed by atoms with Crippen molar-refractivity contribution in [2.45, 2.75) is 45.9 Å². The van der Waals surface area contributed by atoms with Crippen molar-refractivity contribution in [1.82, 2.24) is 19.7 Å². The van der Waals surface area contributed by atoms with Crippen LogP contribution in [0.4, 0.5) is 11.8 Å². The van der Waals surface area contributed by atoms with Crippen LogP contribution in [0, 0.1) is 0 Å². The van der Waals surface area contributed by atoms with E-state index in [1.807, 2.05) is 16.9 Å². The minimum Gasteiger partial charge on any atom is -0.391 e. The standard InChI is InChI=1S/C17H26N6O/c1-3-21(11-14-10-19-23(4-2)12-14)17-18-8-7-16(20-17)22-9-5-6-15(24)13-22/h7-8,10,12,15,24H,3-6,9,11,13H2,1-2H3. The molecular weight excluding hydrogens is 304 g/mol. The Morgan fingerprint density at radius 3 is 2.96 bits per heavy atom. The van der Waals surface area contributed by atoms with Crippen LogP contribution in [0.3, 0.4) is 0 Å². The van der Waals surface area contributed by atoms with Crippen LogP contribution < -0.4 is 9.80 Å². The molecule has 1 unspecified atom stereocenters. The van der Waals surface area contributed by atoms with Crippen LogP contribution in [0.15, 0.2) is 24.7 Å². The summed E-state index contributed by atoms with van der Waals surface area (Å²) in [5, 5.41) is 14.2. The smallest absolute Gasteiger partial charge is 0.227 e. The monoisotopic (exact) mass is 330 g/mol. The zero-order valence-corrected chi connectivity index (χ0v) is 14.5. The van der Waals surface area contributed by atoms with E-state index < -0.39 is 0 Å². The van der Waals surface area contributed by atoms with E-state index in [0.29, 0.717) is 6.54 Å². The van der Waals surface area contributed by atoms with Gasteiger partial charge >= 0.3 is 0 Å². The van der Waals surface area contributed by atoms with Gasteiger partial charge in [0.1, 0.15) is 5.82 Å². The molecule has 1 aliphatic heterocycles. The van der Waals surface area contributed by atoms with Gasteiger partial charge in [-0.15, -0.1) is 0 Å². The summed E-state index contributed by atoms with van der Waals surface area (Å²) in [6.07, 6.45) is 7.37. The number of aliphatic hydroxyl groups excluding tert-OH is 1. The first-order valence-electron chi connectivity index (χ1n) is 8.72. The van der Waals surface area contributed by atoms with Crippen LogP contribution in [-0.2, 0) is 13.1 Å². The van der Waals surface area contributed by atoms with Crippen LogP contribution in [-0.4, -0.2) is 50.6 Å². The lowest BCUT2D eigenvalue weighted by molar-refractivity contribution is 0.154. The predicted octanol–water partition coefficient (Wildman–Crippen LogP) is 1.68. The zero-order valence-electron chi connectivity index (χ0n) is 14.5. The van der Waals surface area contributed by atoms with E-state index in [0.717, 1.165) is 56.4 Å². The molecule has 7 heteroatoms. The van der Waals surface area contributed by atoms with Crippen molar-refractivity contribution in [3.05, 3.63) is 30.2 Å². The predicted molar refractivity (Wildman–Crippen MR) is 94.1 cm³/mol. The molecule has 1 N–H and O–H groups in total. The van der Waals surface area contributed by atoms with Gasteiger partial charge in [-0.1, -0.05) is 0 Å². The molecule has 1 saturated heterocycles. The third-order valence-electron chi connectivity index (χ3n) is 4.40. The molecule has 2 aromatic rings. The third-order valence-corrected chi connectivity index (χ3v) is 4.40. The maximum atomic E-state index is 9.88. The Morgan fingerprint density at radius 1 is 1.38 bits per heavy atom. The molecule has 3 rings (SSSR count). The highest BCUT2D eigenvalue weighted by Crippen LogP contribution is 2.20. The highest BCUT2D eigenvalue weighted by atomic mass is 16.3. The number of hydrogen-bond donors (Lipinski definition) is 1. The minimum absolute atomic E-state index is 0.265. The number of piperidine rings is 1. The van der Waals surface area contributed by atoms with Crippen molar-refractivity contribution in [3.63, 3.8) is 0 Å². The largest absolute Gasteiger partial charge is 0.391 e. The summed E-state index contributed by atoms with van der Waals surface area (Å²) in [6, 6.07) is 1.92. The lowest BCUT2D eigenvalue weighted by Crippen LogP contribution is -2.39. The van der Waals surface area contributed by atoms with Crippen molar-refractivity contribution in [3.8, 4) is 0 Å². The van der Waals surface area contributed by atoms with Gasteiger partial charge in [-0.05, 0) is 32.8 Å². The van der Waals surface area contributed by atoms with Crippen LogP contribution in [0.2, 0.25) is 0 Å². The number of aliphatic hydroxyl groups is 1. The molecule has 0 spiro atoms.